The van der Waals surface area contributed by atoms with Crippen LogP contribution in [0, 0.1) is 11.8 Å². The highest BCUT2D eigenvalue weighted by molar-refractivity contribution is 5.84. The zero-order valence-electron chi connectivity index (χ0n) is 16.7. The fourth-order valence-corrected chi connectivity index (χ4v) is 3.64. The maximum atomic E-state index is 6.05. The molecule has 1 N–H and O–H groups in total. The van der Waals surface area contributed by atoms with Gasteiger partial charge in [-0.25, -0.2) is 0 Å². The topological polar surface area (TPSA) is 50.5 Å². The standard InChI is InChI=1S/C21H33N3O2/c1-15(2)14-25-20-8-6-17-19(7-5-16-9-11-22-12-10-16)23-26-21(17)18(20)13-24(3)4/h6,8,15-16,22H,5,7,9-14H2,1-4H3. The van der Waals surface area contributed by atoms with Crippen LogP contribution in [0.5, 0.6) is 5.75 Å². The second-order valence-corrected chi connectivity index (χ2v) is 8.22. The van der Waals surface area contributed by atoms with Gasteiger partial charge in [0.05, 0.1) is 17.9 Å². The molecular formula is C21H33N3O2. The Kier molecular flexibility index (Phi) is 6.54. The number of nitrogens with one attached hydrogen (secondary N) is 1. The molecule has 1 saturated heterocycles. The van der Waals surface area contributed by atoms with Gasteiger partial charge in [0.1, 0.15) is 5.75 Å². The molecule has 2 aromatic rings. The summed E-state index contributed by atoms with van der Waals surface area (Å²) in [6.07, 6.45) is 4.73. The fourth-order valence-electron chi connectivity index (χ4n) is 3.64. The van der Waals surface area contributed by atoms with E-state index in [2.05, 4.69) is 55.4 Å². The number of hydrogen-bond donors (Lipinski definition) is 1. The van der Waals surface area contributed by atoms with E-state index in [1.807, 2.05) is 0 Å². The van der Waals surface area contributed by atoms with E-state index in [4.69, 9.17) is 9.26 Å². The van der Waals surface area contributed by atoms with Crippen LogP contribution in [-0.2, 0) is 13.0 Å². The molecule has 0 unspecified atom stereocenters. The lowest BCUT2D eigenvalue weighted by molar-refractivity contribution is 0.264. The van der Waals surface area contributed by atoms with Crippen molar-refractivity contribution in [2.75, 3.05) is 33.8 Å². The first-order valence-electron chi connectivity index (χ1n) is 9.93. The van der Waals surface area contributed by atoms with E-state index in [-0.39, 0.29) is 0 Å². The van der Waals surface area contributed by atoms with E-state index in [9.17, 15) is 0 Å². The fraction of sp³-hybridized carbons (Fsp3) is 0.667. The number of hydrogen-bond acceptors (Lipinski definition) is 5. The molecule has 1 fully saturated rings. The Bertz CT molecular complexity index is 703. The number of ether oxygens (including phenoxy) is 1. The van der Waals surface area contributed by atoms with Gasteiger partial charge in [-0.05, 0) is 76.8 Å². The van der Waals surface area contributed by atoms with Crippen LogP contribution in [0.1, 0.15) is 44.4 Å². The van der Waals surface area contributed by atoms with Gasteiger partial charge in [-0.2, -0.15) is 0 Å². The lowest BCUT2D eigenvalue weighted by atomic mass is 9.92. The Hall–Kier alpha value is -1.59. The van der Waals surface area contributed by atoms with Gasteiger partial charge in [-0.1, -0.05) is 19.0 Å². The van der Waals surface area contributed by atoms with Gasteiger partial charge in [0.2, 0.25) is 0 Å². The summed E-state index contributed by atoms with van der Waals surface area (Å²) in [5, 5.41) is 9.00. The van der Waals surface area contributed by atoms with Gasteiger partial charge in [-0.15, -0.1) is 0 Å². The van der Waals surface area contributed by atoms with Crippen LogP contribution in [0.3, 0.4) is 0 Å². The average molecular weight is 360 g/mol. The summed E-state index contributed by atoms with van der Waals surface area (Å²) in [6, 6.07) is 4.22. The second kappa shape index (κ2) is 8.87. The summed E-state index contributed by atoms with van der Waals surface area (Å²) in [5.74, 6) is 2.21. The third-order valence-electron chi connectivity index (χ3n) is 5.07. The molecule has 0 atom stereocenters. The molecule has 0 radical (unpaired) electrons. The zero-order valence-corrected chi connectivity index (χ0v) is 16.7. The first-order valence-corrected chi connectivity index (χ1v) is 9.93. The Morgan fingerprint density at radius 3 is 2.73 bits per heavy atom. The molecule has 1 aromatic heterocycles. The van der Waals surface area contributed by atoms with Crippen molar-refractivity contribution in [1.82, 2.24) is 15.4 Å². The second-order valence-electron chi connectivity index (χ2n) is 8.22. The number of aromatic nitrogens is 1. The van der Waals surface area contributed by atoms with Gasteiger partial charge in [0.25, 0.3) is 0 Å². The molecule has 26 heavy (non-hydrogen) atoms. The number of aryl methyl sites for hydroxylation is 1. The summed E-state index contributed by atoms with van der Waals surface area (Å²) >= 11 is 0. The highest BCUT2D eigenvalue weighted by atomic mass is 16.5. The van der Waals surface area contributed by atoms with E-state index in [1.165, 1.54) is 19.3 Å². The minimum absolute atomic E-state index is 0.494. The summed E-state index contributed by atoms with van der Waals surface area (Å²) < 4.78 is 11.8. The number of rotatable bonds is 8. The minimum Gasteiger partial charge on any atom is -0.493 e. The Balaban J connectivity index is 1.81. The largest absolute Gasteiger partial charge is 0.493 e. The van der Waals surface area contributed by atoms with Gasteiger partial charge in [-0.3, -0.25) is 0 Å². The number of nitrogens with zero attached hydrogens (tertiary/aromatic N) is 2. The zero-order chi connectivity index (χ0) is 18.5. The Morgan fingerprint density at radius 1 is 1.27 bits per heavy atom. The van der Waals surface area contributed by atoms with Gasteiger partial charge in [0.15, 0.2) is 5.58 Å². The van der Waals surface area contributed by atoms with Crippen LogP contribution in [0.15, 0.2) is 16.7 Å². The maximum Gasteiger partial charge on any atom is 0.175 e. The molecule has 1 aliphatic rings. The molecule has 1 aromatic carbocycles. The van der Waals surface area contributed by atoms with E-state index < -0.39 is 0 Å². The Labute approximate surface area is 157 Å². The summed E-state index contributed by atoms with van der Waals surface area (Å²) in [5.41, 5.74) is 3.09. The minimum atomic E-state index is 0.494. The third-order valence-corrected chi connectivity index (χ3v) is 5.07. The van der Waals surface area contributed by atoms with Crippen molar-refractivity contribution < 1.29 is 9.26 Å². The van der Waals surface area contributed by atoms with Crippen molar-refractivity contribution in [3.05, 3.63) is 23.4 Å². The van der Waals surface area contributed by atoms with Gasteiger partial charge in [0, 0.05) is 11.9 Å². The van der Waals surface area contributed by atoms with Gasteiger partial charge < -0.3 is 19.5 Å². The van der Waals surface area contributed by atoms with Crippen LogP contribution < -0.4 is 10.1 Å². The number of fused-ring (bicyclic) bond motifs is 1. The molecule has 5 nitrogen and oxygen atoms in total. The molecule has 144 valence electrons. The summed E-state index contributed by atoms with van der Waals surface area (Å²) in [4.78, 5) is 2.15. The molecule has 5 heteroatoms. The molecule has 0 spiro atoms. The normalized spacial score (nSPS) is 16.1. The first-order chi connectivity index (χ1) is 12.5. The molecule has 0 bridgehead atoms. The van der Waals surface area contributed by atoms with Gasteiger partial charge >= 0.3 is 0 Å². The SMILES string of the molecule is CC(C)COc1ccc2c(CCC3CCNCC3)noc2c1CN(C)C. The molecule has 0 amide bonds. The molecule has 0 aliphatic carbocycles. The quantitative estimate of drug-likeness (QED) is 0.776. The smallest absolute Gasteiger partial charge is 0.175 e. The van der Waals surface area contributed by atoms with Crippen LogP contribution >= 0.6 is 0 Å². The number of piperidine rings is 1. The molecule has 1 aliphatic heterocycles. The third kappa shape index (κ3) is 4.77. The summed E-state index contributed by atoms with van der Waals surface area (Å²) in [7, 11) is 4.14. The predicted molar refractivity (Wildman–Crippen MR) is 106 cm³/mol. The number of benzene rings is 1. The van der Waals surface area contributed by atoms with Crippen LogP contribution in [0.2, 0.25) is 0 Å². The first kappa shape index (κ1) is 19.2. The average Bonchev–Trinajstić information content (AvgIpc) is 3.03. The van der Waals surface area contributed by atoms with Crippen molar-refractivity contribution >= 4 is 11.0 Å². The highest BCUT2D eigenvalue weighted by Crippen LogP contribution is 2.32. The predicted octanol–water partition coefficient (Wildman–Crippen LogP) is 3.86. The lowest BCUT2D eigenvalue weighted by Gasteiger charge is -2.21. The maximum absolute atomic E-state index is 6.05. The van der Waals surface area contributed by atoms with Crippen LogP contribution in [0.25, 0.3) is 11.0 Å². The summed E-state index contributed by atoms with van der Waals surface area (Å²) in [6.45, 7) is 8.12. The molecule has 3 rings (SSSR count). The van der Waals surface area contributed by atoms with Crippen molar-refractivity contribution in [2.24, 2.45) is 11.8 Å². The van der Waals surface area contributed by atoms with E-state index in [0.29, 0.717) is 12.5 Å². The van der Waals surface area contributed by atoms with E-state index in [1.54, 1.807) is 0 Å². The molecule has 2 heterocycles. The van der Waals surface area contributed by atoms with Crippen molar-refractivity contribution in [3.63, 3.8) is 0 Å². The highest BCUT2D eigenvalue weighted by Gasteiger charge is 2.19. The van der Waals surface area contributed by atoms with Crippen molar-refractivity contribution in [3.8, 4) is 5.75 Å². The van der Waals surface area contributed by atoms with Crippen LogP contribution in [0.4, 0.5) is 0 Å². The lowest BCUT2D eigenvalue weighted by Crippen LogP contribution is -2.27. The Morgan fingerprint density at radius 2 is 2.04 bits per heavy atom. The van der Waals surface area contributed by atoms with Crippen LogP contribution in [-0.4, -0.2) is 43.8 Å². The molecular weight excluding hydrogens is 326 g/mol. The molecule has 0 saturated carbocycles. The van der Waals surface area contributed by atoms with Crippen molar-refractivity contribution in [1.29, 1.82) is 0 Å². The van der Waals surface area contributed by atoms with E-state index in [0.717, 1.165) is 59.9 Å². The monoisotopic (exact) mass is 359 g/mol. The van der Waals surface area contributed by atoms with Crippen molar-refractivity contribution in [2.45, 2.75) is 46.1 Å². The van der Waals surface area contributed by atoms with E-state index >= 15 is 0 Å².